The van der Waals surface area contributed by atoms with Gasteiger partial charge < -0.3 is 10.2 Å². The molecule has 108 valence electrons. The number of likely N-dealkylation sites (N-methyl/N-ethyl adjacent to an activating group) is 1. The van der Waals surface area contributed by atoms with E-state index >= 15 is 0 Å². The maximum atomic E-state index is 3.59. The van der Waals surface area contributed by atoms with Crippen LogP contribution in [0.25, 0.3) is 10.8 Å². The molecule has 0 aliphatic heterocycles. The Morgan fingerprint density at radius 2 is 1.70 bits per heavy atom. The van der Waals surface area contributed by atoms with Gasteiger partial charge in [0.05, 0.1) is 0 Å². The molecule has 0 bridgehead atoms. The van der Waals surface area contributed by atoms with Crippen LogP contribution in [-0.2, 0) is 6.54 Å². The van der Waals surface area contributed by atoms with Crippen molar-refractivity contribution >= 4 is 10.8 Å². The third kappa shape index (κ3) is 3.81. The third-order valence-corrected chi connectivity index (χ3v) is 3.93. The lowest BCUT2D eigenvalue weighted by atomic mass is 10.0. The van der Waals surface area contributed by atoms with Gasteiger partial charge >= 0.3 is 0 Å². The van der Waals surface area contributed by atoms with Gasteiger partial charge in [-0.2, -0.15) is 0 Å². The van der Waals surface area contributed by atoms with Crippen LogP contribution >= 0.6 is 0 Å². The highest BCUT2D eigenvalue weighted by molar-refractivity contribution is 5.82. The second-order valence-electron chi connectivity index (χ2n) is 6.09. The minimum atomic E-state index is 0.579. The van der Waals surface area contributed by atoms with Gasteiger partial charge in [0.15, 0.2) is 0 Å². The van der Waals surface area contributed by atoms with Crippen LogP contribution < -0.4 is 5.32 Å². The molecule has 2 nitrogen and oxygen atoms in total. The summed E-state index contributed by atoms with van der Waals surface area (Å²) in [5, 5.41) is 6.22. The van der Waals surface area contributed by atoms with Gasteiger partial charge in [0.25, 0.3) is 0 Å². The first-order valence-corrected chi connectivity index (χ1v) is 7.42. The monoisotopic (exact) mass is 270 g/mol. The van der Waals surface area contributed by atoms with Crippen LogP contribution in [0.1, 0.15) is 19.4 Å². The van der Waals surface area contributed by atoms with Crippen LogP contribution in [0.5, 0.6) is 0 Å². The molecule has 0 radical (unpaired) electrons. The lowest BCUT2D eigenvalue weighted by Crippen LogP contribution is -2.41. The average molecular weight is 270 g/mol. The maximum Gasteiger partial charge on any atom is 0.0237 e. The van der Waals surface area contributed by atoms with Crippen LogP contribution in [-0.4, -0.2) is 31.6 Å². The van der Waals surface area contributed by atoms with Crippen LogP contribution in [0, 0.1) is 5.92 Å². The van der Waals surface area contributed by atoms with E-state index in [0.717, 1.165) is 13.1 Å². The molecule has 2 aromatic rings. The number of hydrogen-bond donors (Lipinski definition) is 1. The van der Waals surface area contributed by atoms with Crippen molar-refractivity contribution in [2.24, 2.45) is 5.92 Å². The van der Waals surface area contributed by atoms with E-state index in [2.05, 4.69) is 80.6 Å². The highest BCUT2D eigenvalue weighted by Crippen LogP contribution is 2.15. The summed E-state index contributed by atoms with van der Waals surface area (Å²) in [5.74, 6) is 0.661. The zero-order valence-corrected chi connectivity index (χ0v) is 13.1. The lowest BCUT2D eigenvalue weighted by molar-refractivity contribution is 0.224. The second-order valence-corrected chi connectivity index (χ2v) is 6.09. The SMILES string of the molecule is CC(C)C(CNCc1ccc2ccccc2c1)N(C)C. The summed E-state index contributed by atoms with van der Waals surface area (Å²) < 4.78 is 0. The van der Waals surface area contributed by atoms with Crippen molar-refractivity contribution in [2.45, 2.75) is 26.4 Å². The number of nitrogens with zero attached hydrogens (tertiary/aromatic N) is 1. The first kappa shape index (κ1) is 15.0. The summed E-state index contributed by atoms with van der Waals surface area (Å²) in [6.07, 6.45) is 0. The fourth-order valence-corrected chi connectivity index (χ4v) is 2.73. The molecule has 0 fully saturated rings. The predicted molar refractivity (Wildman–Crippen MR) is 88.0 cm³/mol. The topological polar surface area (TPSA) is 15.3 Å². The number of rotatable bonds is 6. The third-order valence-electron chi connectivity index (χ3n) is 3.93. The Balaban J connectivity index is 1.95. The summed E-state index contributed by atoms with van der Waals surface area (Å²) in [7, 11) is 4.31. The lowest BCUT2D eigenvalue weighted by Gasteiger charge is -2.28. The van der Waals surface area contributed by atoms with Crippen LogP contribution in [0.2, 0.25) is 0 Å². The van der Waals surface area contributed by atoms with Crippen molar-refractivity contribution < 1.29 is 0 Å². The van der Waals surface area contributed by atoms with Crippen LogP contribution in [0.15, 0.2) is 42.5 Å². The first-order valence-electron chi connectivity index (χ1n) is 7.42. The van der Waals surface area contributed by atoms with Crippen LogP contribution in [0.4, 0.5) is 0 Å². The zero-order valence-electron chi connectivity index (χ0n) is 13.1. The molecule has 20 heavy (non-hydrogen) atoms. The van der Waals surface area contributed by atoms with Crippen molar-refractivity contribution in [2.75, 3.05) is 20.6 Å². The van der Waals surface area contributed by atoms with Gasteiger partial charge in [-0.3, -0.25) is 0 Å². The molecule has 0 saturated heterocycles. The molecule has 0 saturated carbocycles. The largest absolute Gasteiger partial charge is 0.311 e. The van der Waals surface area contributed by atoms with E-state index in [4.69, 9.17) is 0 Å². The van der Waals surface area contributed by atoms with Crippen molar-refractivity contribution in [3.8, 4) is 0 Å². The molecule has 0 heterocycles. The quantitative estimate of drug-likeness (QED) is 0.864. The molecule has 0 aliphatic rings. The van der Waals surface area contributed by atoms with Gasteiger partial charge in [-0.05, 0) is 42.4 Å². The first-order chi connectivity index (χ1) is 9.58. The highest BCUT2D eigenvalue weighted by atomic mass is 15.1. The van der Waals surface area contributed by atoms with E-state index in [-0.39, 0.29) is 0 Å². The Hall–Kier alpha value is -1.38. The van der Waals surface area contributed by atoms with Gasteiger partial charge in [0.1, 0.15) is 0 Å². The minimum Gasteiger partial charge on any atom is -0.311 e. The van der Waals surface area contributed by atoms with Crippen molar-refractivity contribution in [3.63, 3.8) is 0 Å². The van der Waals surface area contributed by atoms with Gasteiger partial charge in [0.2, 0.25) is 0 Å². The molecule has 1 N–H and O–H groups in total. The van der Waals surface area contributed by atoms with Gasteiger partial charge in [0, 0.05) is 19.1 Å². The molecule has 1 atom stereocenters. The maximum absolute atomic E-state index is 3.59. The molecule has 0 amide bonds. The Morgan fingerprint density at radius 3 is 2.35 bits per heavy atom. The molecule has 2 heteroatoms. The normalized spacial score (nSPS) is 13.3. The smallest absolute Gasteiger partial charge is 0.0237 e. The van der Waals surface area contributed by atoms with E-state index in [1.807, 2.05) is 0 Å². The summed E-state index contributed by atoms with van der Waals surface area (Å²) in [4.78, 5) is 2.30. The summed E-state index contributed by atoms with van der Waals surface area (Å²) >= 11 is 0. The Morgan fingerprint density at radius 1 is 1.00 bits per heavy atom. The summed E-state index contributed by atoms with van der Waals surface area (Å²) in [6.45, 7) is 6.52. The minimum absolute atomic E-state index is 0.579. The van der Waals surface area contributed by atoms with Gasteiger partial charge in [-0.15, -0.1) is 0 Å². The fourth-order valence-electron chi connectivity index (χ4n) is 2.73. The summed E-state index contributed by atoms with van der Waals surface area (Å²) in [6, 6.07) is 15.8. The van der Waals surface area contributed by atoms with Gasteiger partial charge in [-0.1, -0.05) is 50.2 Å². The fraction of sp³-hybridized carbons (Fsp3) is 0.444. The van der Waals surface area contributed by atoms with Crippen molar-refractivity contribution in [1.82, 2.24) is 10.2 Å². The van der Waals surface area contributed by atoms with Gasteiger partial charge in [-0.25, -0.2) is 0 Å². The Kier molecular flexibility index (Phi) is 5.16. The molecule has 0 aromatic heterocycles. The molecule has 2 aromatic carbocycles. The van der Waals surface area contributed by atoms with E-state index in [1.165, 1.54) is 16.3 Å². The number of nitrogens with one attached hydrogen (secondary N) is 1. The van der Waals surface area contributed by atoms with Crippen molar-refractivity contribution in [1.29, 1.82) is 0 Å². The van der Waals surface area contributed by atoms with Crippen molar-refractivity contribution in [3.05, 3.63) is 48.0 Å². The number of fused-ring (bicyclic) bond motifs is 1. The average Bonchev–Trinajstić information content (AvgIpc) is 2.42. The molecule has 0 spiro atoms. The Labute approximate surface area is 122 Å². The molecule has 2 rings (SSSR count). The zero-order chi connectivity index (χ0) is 14.5. The molecule has 0 aliphatic carbocycles. The molecular formula is C18H26N2. The second kappa shape index (κ2) is 6.87. The Bertz CT molecular complexity index is 538. The van der Waals surface area contributed by atoms with E-state index in [9.17, 15) is 0 Å². The highest BCUT2D eigenvalue weighted by Gasteiger charge is 2.14. The number of benzene rings is 2. The van der Waals surface area contributed by atoms with E-state index < -0.39 is 0 Å². The van der Waals surface area contributed by atoms with E-state index in [0.29, 0.717) is 12.0 Å². The van der Waals surface area contributed by atoms with Crippen LogP contribution in [0.3, 0.4) is 0 Å². The van der Waals surface area contributed by atoms with E-state index in [1.54, 1.807) is 0 Å². The molecular weight excluding hydrogens is 244 g/mol. The molecule has 1 unspecified atom stereocenters. The summed E-state index contributed by atoms with van der Waals surface area (Å²) in [5.41, 5.74) is 1.35. The standard InChI is InChI=1S/C18H26N2/c1-14(2)18(20(3)4)13-19-12-15-9-10-16-7-5-6-8-17(16)11-15/h5-11,14,18-19H,12-13H2,1-4H3. The predicted octanol–water partition coefficient (Wildman–Crippen LogP) is 3.52. The number of hydrogen-bond acceptors (Lipinski definition) is 2.